The predicted molar refractivity (Wildman–Crippen MR) is 82.1 cm³/mol. The third kappa shape index (κ3) is 3.55. The number of nitrogens with one attached hydrogen (secondary N) is 2. The Balaban J connectivity index is 2.39. The van der Waals surface area contributed by atoms with Crippen molar-refractivity contribution in [2.24, 2.45) is 0 Å². The molecule has 0 aliphatic heterocycles. The van der Waals surface area contributed by atoms with E-state index in [9.17, 15) is 17.6 Å². The summed E-state index contributed by atoms with van der Waals surface area (Å²) in [5.41, 5.74) is 0.274. The first-order chi connectivity index (χ1) is 10.3. The Hall–Kier alpha value is -2.12. The van der Waals surface area contributed by atoms with Crippen molar-refractivity contribution in [3.63, 3.8) is 0 Å². The Morgan fingerprint density at radius 1 is 1.18 bits per heavy atom. The number of sulfonamides is 1. The number of carbonyl (C=O) groups is 1. The second-order valence-electron chi connectivity index (χ2n) is 4.34. The van der Waals surface area contributed by atoms with E-state index in [0.717, 1.165) is 12.1 Å². The smallest absolute Gasteiger partial charge is 0.262 e. The summed E-state index contributed by atoms with van der Waals surface area (Å²) in [6, 6.07) is 8.72. The quantitative estimate of drug-likeness (QED) is 0.897. The van der Waals surface area contributed by atoms with Crippen LogP contribution in [0.5, 0.6) is 0 Å². The van der Waals surface area contributed by atoms with E-state index in [0.29, 0.717) is 0 Å². The maximum atomic E-state index is 13.2. The fourth-order valence-electron chi connectivity index (χ4n) is 1.73. The molecule has 0 spiro atoms. The van der Waals surface area contributed by atoms with Crippen LogP contribution in [0.4, 0.5) is 10.1 Å². The van der Waals surface area contributed by atoms with E-state index >= 15 is 0 Å². The van der Waals surface area contributed by atoms with E-state index in [4.69, 9.17) is 11.6 Å². The molecule has 8 heteroatoms. The largest absolute Gasteiger partial charge is 0.355 e. The number of carbonyl (C=O) groups excluding carboxylic acids is 1. The lowest BCUT2D eigenvalue weighted by atomic mass is 10.2. The minimum atomic E-state index is -4.01. The summed E-state index contributed by atoms with van der Waals surface area (Å²) in [7, 11) is -2.56. The molecule has 2 aromatic carbocycles. The van der Waals surface area contributed by atoms with Gasteiger partial charge in [-0.2, -0.15) is 0 Å². The summed E-state index contributed by atoms with van der Waals surface area (Å²) in [4.78, 5) is 11.3. The summed E-state index contributed by atoms with van der Waals surface area (Å²) in [5, 5.41) is 2.54. The Morgan fingerprint density at radius 3 is 2.55 bits per heavy atom. The molecule has 5 nitrogen and oxygen atoms in total. The second-order valence-corrected chi connectivity index (χ2v) is 6.43. The van der Waals surface area contributed by atoms with Crippen molar-refractivity contribution >= 4 is 33.2 Å². The first kappa shape index (κ1) is 16.3. The molecule has 0 aromatic heterocycles. The van der Waals surface area contributed by atoms with Gasteiger partial charge < -0.3 is 5.32 Å². The lowest BCUT2D eigenvalue weighted by Crippen LogP contribution is -2.19. The fourth-order valence-corrected chi connectivity index (χ4v) is 3.05. The highest BCUT2D eigenvalue weighted by Gasteiger charge is 2.17. The topological polar surface area (TPSA) is 75.3 Å². The number of hydrogen-bond acceptors (Lipinski definition) is 3. The third-order valence-corrected chi connectivity index (χ3v) is 4.50. The third-order valence-electron chi connectivity index (χ3n) is 2.81. The average Bonchev–Trinajstić information content (AvgIpc) is 2.48. The highest BCUT2D eigenvalue weighted by Crippen LogP contribution is 2.26. The van der Waals surface area contributed by atoms with Gasteiger partial charge in [-0.25, -0.2) is 12.8 Å². The number of rotatable bonds is 4. The predicted octanol–water partition coefficient (Wildman–Crippen LogP) is 2.64. The average molecular weight is 343 g/mol. The van der Waals surface area contributed by atoms with Gasteiger partial charge in [0.25, 0.3) is 15.9 Å². The van der Waals surface area contributed by atoms with Crippen LogP contribution in [0.15, 0.2) is 47.4 Å². The van der Waals surface area contributed by atoms with Crippen molar-refractivity contribution in [1.82, 2.24) is 5.32 Å². The normalized spacial score (nSPS) is 11.0. The molecule has 0 saturated heterocycles. The van der Waals surface area contributed by atoms with Gasteiger partial charge in [0.05, 0.1) is 15.6 Å². The van der Waals surface area contributed by atoms with Crippen LogP contribution in [0, 0.1) is 5.82 Å². The lowest BCUT2D eigenvalue weighted by Gasteiger charge is -2.11. The number of halogens is 2. The first-order valence-electron chi connectivity index (χ1n) is 6.13. The van der Waals surface area contributed by atoms with Crippen molar-refractivity contribution in [3.8, 4) is 0 Å². The number of hydrogen-bond donors (Lipinski definition) is 2. The molecule has 116 valence electrons. The molecule has 0 aliphatic rings. The zero-order chi connectivity index (χ0) is 16.3. The number of anilines is 1. The standard InChI is InChI=1S/C14H12ClFN2O3S/c1-17-14(19)9-5-6-12(15)13(7-9)18-22(20,21)11-4-2-3-10(16)8-11/h2-8,18H,1H3,(H,17,19). The van der Waals surface area contributed by atoms with E-state index < -0.39 is 15.8 Å². The molecule has 1 amide bonds. The molecule has 0 atom stereocenters. The van der Waals surface area contributed by atoms with Crippen molar-refractivity contribution in [3.05, 3.63) is 58.9 Å². The SMILES string of the molecule is CNC(=O)c1ccc(Cl)c(NS(=O)(=O)c2cccc(F)c2)c1. The van der Waals surface area contributed by atoms with Gasteiger partial charge in [-0.15, -0.1) is 0 Å². The van der Waals surface area contributed by atoms with Crippen LogP contribution < -0.4 is 10.0 Å². The van der Waals surface area contributed by atoms with E-state index in [2.05, 4.69) is 10.0 Å². The molecule has 0 heterocycles. The zero-order valence-corrected chi connectivity index (χ0v) is 13.0. The molecule has 0 aliphatic carbocycles. The van der Waals surface area contributed by atoms with Crippen molar-refractivity contribution in [1.29, 1.82) is 0 Å². The lowest BCUT2D eigenvalue weighted by molar-refractivity contribution is 0.0963. The molecule has 0 radical (unpaired) electrons. The van der Waals surface area contributed by atoms with Crippen LogP contribution in [0.2, 0.25) is 5.02 Å². The molecule has 2 rings (SSSR count). The monoisotopic (exact) mass is 342 g/mol. The van der Waals surface area contributed by atoms with Crippen LogP contribution in [-0.2, 0) is 10.0 Å². The van der Waals surface area contributed by atoms with E-state index in [-0.39, 0.29) is 27.1 Å². The second kappa shape index (κ2) is 6.33. The van der Waals surface area contributed by atoms with Crippen molar-refractivity contribution in [2.75, 3.05) is 11.8 Å². The maximum absolute atomic E-state index is 13.2. The molecule has 2 aromatic rings. The van der Waals surface area contributed by atoms with Gasteiger partial charge in [0, 0.05) is 12.6 Å². The van der Waals surface area contributed by atoms with Crippen LogP contribution in [0.3, 0.4) is 0 Å². The summed E-state index contributed by atoms with van der Waals surface area (Å²) < 4.78 is 39.8. The molecule has 2 N–H and O–H groups in total. The number of benzene rings is 2. The molecule has 0 bridgehead atoms. The zero-order valence-electron chi connectivity index (χ0n) is 11.4. The summed E-state index contributed by atoms with van der Waals surface area (Å²) in [5.74, 6) is -1.06. The van der Waals surface area contributed by atoms with Crippen LogP contribution >= 0.6 is 11.6 Å². The van der Waals surface area contributed by atoms with Gasteiger partial charge in [-0.1, -0.05) is 17.7 Å². The van der Waals surface area contributed by atoms with Crippen molar-refractivity contribution in [2.45, 2.75) is 4.90 Å². The minimum Gasteiger partial charge on any atom is -0.355 e. The van der Waals surface area contributed by atoms with Gasteiger partial charge in [0.15, 0.2) is 0 Å². The molecule has 22 heavy (non-hydrogen) atoms. The first-order valence-corrected chi connectivity index (χ1v) is 7.99. The van der Waals surface area contributed by atoms with Gasteiger partial charge in [0.1, 0.15) is 5.82 Å². The Bertz CT molecular complexity index is 825. The van der Waals surface area contributed by atoms with Gasteiger partial charge in [0.2, 0.25) is 0 Å². The molecular formula is C14H12ClFN2O3S. The Kier molecular flexibility index (Phi) is 4.68. The molecule has 0 fully saturated rings. The van der Waals surface area contributed by atoms with Crippen LogP contribution in [0.25, 0.3) is 0 Å². The van der Waals surface area contributed by atoms with Crippen LogP contribution in [-0.4, -0.2) is 21.4 Å². The highest BCUT2D eigenvalue weighted by molar-refractivity contribution is 7.92. The van der Waals surface area contributed by atoms with Gasteiger partial charge in [-0.05, 0) is 36.4 Å². The summed E-state index contributed by atoms with van der Waals surface area (Å²) in [6.07, 6.45) is 0. The van der Waals surface area contributed by atoms with E-state index in [1.54, 1.807) is 0 Å². The summed E-state index contributed by atoms with van der Waals surface area (Å²) >= 11 is 5.94. The van der Waals surface area contributed by atoms with E-state index in [1.807, 2.05) is 0 Å². The molecule has 0 saturated carbocycles. The van der Waals surface area contributed by atoms with Crippen LogP contribution in [0.1, 0.15) is 10.4 Å². The van der Waals surface area contributed by atoms with Crippen molar-refractivity contribution < 1.29 is 17.6 Å². The Morgan fingerprint density at radius 2 is 1.91 bits per heavy atom. The van der Waals surface area contributed by atoms with Gasteiger partial charge >= 0.3 is 0 Å². The number of amides is 1. The molecular weight excluding hydrogens is 331 g/mol. The van der Waals surface area contributed by atoms with E-state index in [1.165, 1.54) is 37.4 Å². The van der Waals surface area contributed by atoms with Gasteiger partial charge in [-0.3, -0.25) is 9.52 Å². The maximum Gasteiger partial charge on any atom is 0.262 e. The fraction of sp³-hybridized carbons (Fsp3) is 0.0714. The summed E-state index contributed by atoms with van der Waals surface area (Å²) in [6.45, 7) is 0. The highest BCUT2D eigenvalue weighted by atomic mass is 35.5. The molecule has 0 unspecified atom stereocenters. The Labute approximate surface area is 132 Å². The minimum absolute atomic E-state index is 0.0343.